The predicted molar refractivity (Wildman–Crippen MR) is 114 cm³/mol. The van der Waals surface area contributed by atoms with E-state index < -0.39 is 13.0 Å². The van der Waals surface area contributed by atoms with Crippen molar-refractivity contribution in [2.24, 2.45) is 5.73 Å². The lowest BCUT2D eigenvalue weighted by molar-refractivity contribution is 0.127. The van der Waals surface area contributed by atoms with Gasteiger partial charge in [-0.15, -0.1) is 5.10 Å². The van der Waals surface area contributed by atoms with Gasteiger partial charge in [0.05, 0.1) is 23.8 Å². The van der Waals surface area contributed by atoms with Crippen LogP contribution in [0.2, 0.25) is 0 Å². The molecule has 0 spiro atoms. The maximum atomic E-state index is 13.0. The zero-order valence-electron chi connectivity index (χ0n) is 17.2. The van der Waals surface area contributed by atoms with Crippen LogP contribution in [-0.4, -0.2) is 47.6 Å². The fourth-order valence-corrected chi connectivity index (χ4v) is 4.29. The number of nitrogens with two attached hydrogens (primary N) is 1. The number of aromatic nitrogens is 6. The predicted octanol–water partition coefficient (Wildman–Crippen LogP) is 3.40. The Labute approximate surface area is 177 Å². The molecule has 3 N–H and O–H groups in total. The first-order chi connectivity index (χ1) is 15.0. The van der Waals surface area contributed by atoms with E-state index in [1.807, 2.05) is 18.3 Å². The molecule has 1 aliphatic rings. The molecule has 0 atom stereocenters. The maximum absolute atomic E-state index is 13.0. The number of halogens is 2. The van der Waals surface area contributed by atoms with Crippen LogP contribution in [0.1, 0.15) is 31.5 Å². The molecular formula is C21H24F2N8. The Balaban J connectivity index is 1.45. The molecule has 1 aliphatic carbocycles. The molecule has 0 radical (unpaired) electrons. The third-order valence-corrected chi connectivity index (χ3v) is 5.95. The number of nitrogens with zero attached hydrogens (tertiary/aromatic N) is 6. The highest BCUT2D eigenvalue weighted by Gasteiger charge is 2.20. The van der Waals surface area contributed by atoms with Crippen LogP contribution in [0.5, 0.6) is 0 Å². The SMILES string of the molecule is Cc1nc2ncc(-c3ccn4nc(N[C@H]5CC[C@H](N)CC5)ncc34)cc2n1CC(F)F. The fraction of sp³-hybridized carbons (Fsp3) is 0.429. The molecule has 5 rings (SSSR count). The van der Waals surface area contributed by atoms with Gasteiger partial charge in [-0.1, -0.05) is 0 Å². The van der Waals surface area contributed by atoms with E-state index in [2.05, 4.69) is 25.4 Å². The van der Waals surface area contributed by atoms with Gasteiger partial charge in [0.2, 0.25) is 5.95 Å². The van der Waals surface area contributed by atoms with Crippen LogP contribution in [0.25, 0.3) is 27.8 Å². The molecule has 0 aliphatic heterocycles. The Bertz CT molecular complexity index is 1220. The Hall–Kier alpha value is -3.14. The molecule has 1 saturated carbocycles. The number of pyridine rings is 1. The molecular weight excluding hydrogens is 402 g/mol. The molecule has 162 valence electrons. The van der Waals surface area contributed by atoms with Crippen molar-refractivity contribution in [3.05, 3.63) is 36.5 Å². The van der Waals surface area contributed by atoms with E-state index in [9.17, 15) is 8.78 Å². The number of hydrogen-bond acceptors (Lipinski definition) is 6. The second kappa shape index (κ2) is 7.84. The monoisotopic (exact) mass is 426 g/mol. The molecule has 0 saturated heterocycles. The summed E-state index contributed by atoms with van der Waals surface area (Å²) < 4.78 is 29.3. The zero-order valence-corrected chi connectivity index (χ0v) is 17.2. The minimum absolute atomic E-state index is 0.292. The van der Waals surface area contributed by atoms with Crippen LogP contribution in [0.15, 0.2) is 30.7 Å². The average Bonchev–Trinajstić information content (AvgIpc) is 3.30. The highest BCUT2D eigenvalue weighted by molar-refractivity contribution is 5.85. The van der Waals surface area contributed by atoms with Gasteiger partial charge in [-0.2, -0.15) is 0 Å². The second-order valence-corrected chi connectivity index (χ2v) is 8.12. The van der Waals surface area contributed by atoms with Gasteiger partial charge in [-0.05, 0) is 44.7 Å². The molecule has 8 nitrogen and oxygen atoms in total. The van der Waals surface area contributed by atoms with E-state index >= 15 is 0 Å². The number of fused-ring (bicyclic) bond motifs is 2. The van der Waals surface area contributed by atoms with Gasteiger partial charge < -0.3 is 15.6 Å². The topological polar surface area (TPSA) is 98.9 Å². The number of imidazole rings is 1. The first-order valence-corrected chi connectivity index (χ1v) is 10.5. The number of anilines is 1. The Morgan fingerprint density at radius 3 is 2.74 bits per heavy atom. The summed E-state index contributed by atoms with van der Waals surface area (Å²) in [5.41, 5.74) is 9.52. The van der Waals surface area contributed by atoms with Crippen LogP contribution in [-0.2, 0) is 6.54 Å². The summed E-state index contributed by atoms with van der Waals surface area (Å²) in [6.45, 7) is 1.30. The van der Waals surface area contributed by atoms with E-state index in [0.717, 1.165) is 42.3 Å². The van der Waals surface area contributed by atoms with E-state index in [1.165, 1.54) is 4.57 Å². The van der Waals surface area contributed by atoms with Gasteiger partial charge in [0, 0.05) is 35.6 Å². The smallest absolute Gasteiger partial charge is 0.256 e. The Morgan fingerprint density at radius 1 is 1.16 bits per heavy atom. The third-order valence-electron chi connectivity index (χ3n) is 5.95. The normalized spacial score (nSPS) is 19.5. The molecule has 0 amide bonds. The van der Waals surface area contributed by atoms with Gasteiger partial charge in [0.1, 0.15) is 5.82 Å². The number of aryl methyl sites for hydroxylation is 1. The van der Waals surface area contributed by atoms with Crippen LogP contribution in [0.3, 0.4) is 0 Å². The van der Waals surface area contributed by atoms with Crippen molar-refractivity contribution in [2.75, 3.05) is 5.32 Å². The van der Waals surface area contributed by atoms with Gasteiger partial charge in [-0.3, -0.25) is 0 Å². The molecule has 10 heteroatoms. The van der Waals surface area contributed by atoms with Crippen molar-refractivity contribution in [3.63, 3.8) is 0 Å². The lowest BCUT2D eigenvalue weighted by Crippen LogP contribution is -2.33. The molecule has 4 aromatic heterocycles. The van der Waals surface area contributed by atoms with E-state index in [1.54, 1.807) is 23.8 Å². The standard InChI is InChI=1S/C21H24F2N8/c1-12-27-20-17(30(12)11-19(22)23)8-13(9-25-20)16-6-7-31-18(16)10-26-21(29-31)28-15-4-2-14(24)3-5-15/h6-10,14-15,19H,2-5,11,24H2,1H3,(H,28,29)/t14-,15-. The molecule has 4 aromatic rings. The average molecular weight is 426 g/mol. The first kappa shape index (κ1) is 19.8. The second-order valence-electron chi connectivity index (χ2n) is 8.12. The quantitative estimate of drug-likeness (QED) is 0.508. The molecule has 4 heterocycles. The minimum atomic E-state index is -2.46. The van der Waals surface area contributed by atoms with E-state index in [0.29, 0.717) is 35.0 Å². The van der Waals surface area contributed by atoms with Crippen LogP contribution in [0.4, 0.5) is 14.7 Å². The number of rotatable bonds is 5. The van der Waals surface area contributed by atoms with Crippen LogP contribution in [0, 0.1) is 6.92 Å². The molecule has 0 unspecified atom stereocenters. The van der Waals surface area contributed by atoms with E-state index in [-0.39, 0.29) is 0 Å². The number of alkyl halides is 2. The van der Waals surface area contributed by atoms with Crippen molar-refractivity contribution in [3.8, 4) is 11.1 Å². The van der Waals surface area contributed by atoms with E-state index in [4.69, 9.17) is 5.73 Å². The van der Waals surface area contributed by atoms with Gasteiger partial charge in [0.25, 0.3) is 6.43 Å². The lowest BCUT2D eigenvalue weighted by atomic mass is 9.92. The number of hydrogen-bond donors (Lipinski definition) is 2. The Kier molecular flexibility index (Phi) is 5.01. The van der Waals surface area contributed by atoms with Gasteiger partial charge in [0.15, 0.2) is 5.65 Å². The summed E-state index contributed by atoms with van der Waals surface area (Å²) in [7, 11) is 0. The summed E-state index contributed by atoms with van der Waals surface area (Å²) in [4.78, 5) is 13.2. The summed E-state index contributed by atoms with van der Waals surface area (Å²) in [6, 6.07) is 4.39. The number of nitrogens with one attached hydrogen (secondary N) is 1. The summed E-state index contributed by atoms with van der Waals surface area (Å²) in [6.07, 6.45) is 6.90. The van der Waals surface area contributed by atoms with Crippen molar-refractivity contribution >= 4 is 22.6 Å². The van der Waals surface area contributed by atoms with Gasteiger partial charge in [-0.25, -0.2) is 28.2 Å². The Morgan fingerprint density at radius 2 is 1.97 bits per heavy atom. The lowest BCUT2D eigenvalue weighted by Gasteiger charge is -2.26. The highest BCUT2D eigenvalue weighted by Crippen LogP contribution is 2.28. The van der Waals surface area contributed by atoms with Gasteiger partial charge >= 0.3 is 0 Å². The van der Waals surface area contributed by atoms with Crippen molar-refractivity contribution < 1.29 is 8.78 Å². The highest BCUT2D eigenvalue weighted by atomic mass is 19.3. The first-order valence-electron chi connectivity index (χ1n) is 10.5. The molecule has 1 fully saturated rings. The molecule has 31 heavy (non-hydrogen) atoms. The third kappa shape index (κ3) is 3.83. The summed E-state index contributed by atoms with van der Waals surface area (Å²) in [5.74, 6) is 1.10. The molecule has 0 aromatic carbocycles. The van der Waals surface area contributed by atoms with Crippen molar-refractivity contribution in [1.29, 1.82) is 0 Å². The van der Waals surface area contributed by atoms with Crippen LogP contribution >= 0.6 is 0 Å². The van der Waals surface area contributed by atoms with Crippen molar-refractivity contribution in [2.45, 2.75) is 57.7 Å². The summed E-state index contributed by atoms with van der Waals surface area (Å²) >= 11 is 0. The zero-order chi connectivity index (χ0) is 21.5. The minimum Gasteiger partial charge on any atom is -0.350 e. The van der Waals surface area contributed by atoms with Crippen LogP contribution < -0.4 is 11.1 Å². The molecule has 0 bridgehead atoms. The van der Waals surface area contributed by atoms with Crippen molar-refractivity contribution in [1.82, 2.24) is 29.1 Å². The fourth-order valence-electron chi connectivity index (χ4n) is 4.29. The maximum Gasteiger partial charge on any atom is 0.256 e. The largest absolute Gasteiger partial charge is 0.350 e. The summed E-state index contributed by atoms with van der Waals surface area (Å²) in [5, 5.41) is 7.99.